The minimum Gasteiger partial charge on any atom is -0.366 e. The number of allylic oxidation sites excluding steroid dienone is 1. The van der Waals surface area contributed by atoms with Crippen LogP contribution in [-0.4, -0.2) is 42.7 Å². The van der Waals surface area contributed by atoms with E-state index in [1.54, 1.807) is 5.57 Å². The summed E-state index contributed by atoms with van der Waals surface area (Å²) in [7, 11) is 4.45. The molecule has 2 aliphatic carbocycles. The molecule has 2 aromatic carbocycles. The number of rotatable bonds is 4. The highest BCUT2D eigenvalue weighted by atomic mass is 15.4. The fraction of sp³-hybridized carbons (Fsp3) is 0.500. The number of nitrogens with zero attached hydrogens (tertiary/aromatic N) is 1. The lowest BCUT2D eigenvalue weighted by Gasteiger charge is -2.47. The molecule has 3 aromatic rings. The monoisotopic (exact) mass is 480 g/mol. The van der Waals surface area contributed by atoms with Gasteiger partial charge in [-0.05, 0) is 81.4 Å². The molecule has 0 spiro atoms. The average molecular weight is 481 g/mol. The predicted molar refractivity (Wildman–Crippen MR) is 150 cm³/mol. The molecule has 0 amide bonds. The van der Waals surface area contributed by atoms with Gasteiger partial charge in [-0.25, -0.2) is 0 Å². The fourth-order valence-electron chi connectivity index (χ4n) is 9.55. The van der Waals surface area contributed by atoms with Gasteiger partial charge >= 0.3 is 0 Å². The van der Waals surface area contributed by atoms with Crippen molar-refractivity contribution in [1.82, 2.24) is 15.2 Å². The predicted octanol–water partition coefficient (Wildman–Crippen LogP) is 6.03. The molecule has 188 valence electrons. The SMILES string of the molecule is CNCCc1c(C2[C@@H]3[C@H](C=C(C)CC3(C)C)[C@]34Nc5ccccc5[C@]23CCN4C)[nH]c2ccccc12. The molecule has 5 atom stereocenters. The van der Waals surface area contributed by atoms with Crippen LogP contribution in [-0.2, 0) is 11.8 Å². The van der Waals surface area contributed by atoms with E-state index in [0.717, 1.165) is 19.5 Å². The van der Waals surface area contributed by atoms with Crippen LogP contribution >= 0.6 is 0 Å². The number of nitrogens with one attached hydrogen (secondary N) is 3. The zero-order valence-electron chi connectivity index (χ0n) is 22.4. The van der Waals surface area contributed by atoms with Gasteiger partial charge in [-0.2, -0.15) is 0 Å². The highest BCUT2D eigenvalue weighted by Gasteiger charge is 2.78. The Kier molecular flexibility index (Phi) is 4.71. The number of likely N-dealkylation sites (tertiary alicyclic amines) is 1. The first kappa shape index (κ1) is 22.6. The molecule has 1 saturated heterocycles. The Morgan fingerprint density at radius 2 is 1.86 bits per heavy atom. The second-order valence-corrected chi connectivity index (χ2v) is 12.7. The third-order valence-corrected chi connectivity index (χ3v) is 10.5. The van der Waals surface area contributed by atoms with E-state index in [-0.39, 0.29) is 16.5 Å². The maximum atomic E-state index is 4.22. The van der Waals surface area contributed by atoms with Gasteiger partial charge in [-0.3, -0.25) is 4.90 Å². The highest BCUT2D eigenvalue weighted by molar-refractivity contribution is 5.85. The van der Waals surface area contributed by atoms with Crippen molar-refractivity contribution in [1.29, 1.82) is 0 Å². The first-order valence-corrected chi connectivity index (χ1v) is 13.9. The topological polar surface area (TPSA) is 43.1 Å². The number of H-pyrrole nitrogens is 1. The Morgan fingerprint density at radius 3 is 2.69 bits per heavy atom. The van der Waals surface area contributed by atoms with Crippen molar-refractivity contribution in [3.05, 3.63) is 77.0 Å². The second kappa shape index (κ2) is 7.49. The third-order valence-electron chi connectivity index (χ3n) is 10.5. The number of aromatic nitrogens is 1. The summed E-state index contributed by atoms with van der Waals surface area (Å²) < 4.78 is 0. The molecular weight excluding hydrogens is 440 g/mol. The number of hydrogen-bond acceptors (Lipinski definition) is 3. The molecule has 3 N–H and O–H groups in total. The summed E-state index contributed by atoms with van der Waals surface area (Å²) in [6.45, 7) is 9.56. The maximum Gasteiger partial charge on any atom is 0.108 e. The molecule has 4 aliphatic rings. The number of aromatic amines is 1. The molecule has 0 radical (unpaired) electrons. The molecule has 0 bridgehead atoms. The molecule has 1 aromatic heterocycles. The van der Waals surface area contributed by atoms with Gasteiger partial charge in [0.25, 0.3) is 0 Å². The molecule has 36 heavy (non-hydrogen) atoms. The fourth-order valence-corrected chi connectivity index (χ4v) is 9.55. The molecule has 1 saturated carbocycles. The molecular formula is C32H40N4. The number of hydrogen-bond donors (Lipinski definition) is 3. The molecule has 2 aliphatic heterocycles. The van der Waals surface area contributed by atoms with Crippen LogP contribution in [0.4, 0.5) is 5.69 Å². The average Bonchev–Trinajstić information content (AvgIpc) is 3.51. The molecule has 4 heteroatoms. The number of anilines is 1. The minimum atomic E-state index is -0.0947. The first-order chi connectivity index (χ1) is 17.3. The van der Waals surface area contributed by atoms with Crippen LogP contribution in [0.15, 0.2) is 60.2 Å². The Hall–Kier alpha value is -2.56. The van der Waals surface area contributed by atoms with E-state index in [1.165, 1.54) is 46.3 Å². The lowest BCUT2D eigenvalue weighted by Crippen LogP contribution is -2.59. The van der Waals surface area contributed by atoms with Crippen LogP contribution in [0.2, 0.25) is 0 Å². The first-order valence-electron chi connectivity index (χ1n) is 13.9. The van der Waals surface area contributed by atoms with Crippen LogP contribution < -0.4 is 10.6 Å². The number of likely N-dealkylation sites (N-methyl/N-ethyl adjacent to an activating group) is 2. The van der Waals surface area contributed by atoms with E-state index in [9.17, 15) is 0 Å². The lowest BCUT2D eigenvalue weighted by molar-refractivity contribution is 0.0869. The van der Waals surface area contributed by atoms with Crippen LogP contribution in [0.1, 0.15) is 56.4 Å². The Morgan fingerprint density at radius 1 is 1.08 bits per heavy atom. The summed E-state index contributed by atoms with van der Waals surface area (Å²) in [5.74, 6) is 1.42. The molecule has 7 rings (SSSR count). The van der Waals surface area contributed by atoms with E-state index in [2.05, 4.69) is 110 Å². The van der Waals surface area contributed by atoms with Gasteiger partial charge in [-0.1, -0.05) is 61.9 Å². The van der Waals surface area contributed by atoms with E-state index >= 15 is 0 Å². The van der Waals surface area contributed by atoms with E-state index in [1.807, 2.05) is 0 Å². The normalized spacial score (nSPS) is 34.1. The zero-order chi connectivity index (χ0) is 24.9. The standard InChI is InChI=1S/C32H40N4/c1-20-18-24-27(30(2,3)19-20)28(29-22(14-16-33-4)21-10-6-8-12-25(21)34-29)31-15-17-36(5)32(24,31)35-26-13-9-7-11-23(26)31/h6-13,18,24,27-28,33-35H,14-17,19H2,1-5H3/t24-,27-,28?,31+,32+/m0/s1. The molecule has 4 nitrogen and oxygen atoms in total. The Labute approximate surface area is 215 Å². The van der Waals surface area contributed by atoms with E-state index < -0.39 is 0 Å². The van der Waals surface area contributed by atoms with Gasteiger partial charge in [0, 0.05) is 46.1 Å². The summed E-state index contributed by atoms with van der Waals surface area (Å²) in [6.07, 6.45) is 6.08. The number of fused-ring (bicyclic) bond motifs is 3. The lowest BCUT2D eigenvalue weighted by atomic mass is 9.59. The molecule has 2 fully saturated rings. The van der Waals surface area contributed by atoms with Crippen LogP contribution in [0.25, 0.3) is 10.9 Å². The van der Waals surface area contributed by atoms with E-state index in [4.69, 9.17) is 0 Å². The molecule has 3 heterocycles. The van der Waals surface area contributed by atoms with Gasteiger partial charge in [0.05, 0.1) is 0 Å². The second-order valence-electron chi connectivity index (χ2n) is 12.7. The van der Waals surface area contributed by atoms with Gasteiger partial charge < -0.3 is 15.6 Å². The quantitative estimate of drug-likeness (QED) is 0.400. The zero-order valence-corrected chi connectivity index (χ0v) is 22.4. The van der Waals surface area contributed by atoms with Crippen molar-refractivity contribution in [2.45, 2.75) is 57.0 Å². The Bertz CT molecular complexity index is 1380. The van der Waals surface area contributed by atoms with Crippen LogP contribution in [0.3, 0.4) is 0 Å². The molecule has 1 unspecified atom stereocenters. The van der Waals surface area contributed by atoms with Gasteiger partial charge in [0.2, 0.25) is 0 Å². The van der Waals surface area contributed by atoms with Gasteiger partial charge in [0.15, 0.2) is 0 Å². The van der Waals surface area contributed by atoms with Gasteiger partial charge in [0.1, 0.15) is 5.66 Å². The maximum absolute atomic E-state index is 4.22. The van der Waals surface area contributed by atoms with Crippen molar-refractivity contribution in [3.8, 4) is 0 Å². The Balaban J connectivity index is 1.57. The summed E-state index contributed by atoms with van der Waals surface area (Å²) >= 11 is 0. The summed E-state index contributed by atoms with van der Waals surface area (Å²) in [4.78, 5) is 6.75. The summed E-state index contributed by atoms with van der Waals surface area (Å²) in [5, 5.41) is 9.06. The van der Waals surface area contributed by atoms with Gasteiger partial charge in [-0.15, -0.1) is 0 Å². The largest absolute Gasteiger partial charge is 0.366 e. The van der Waals surface area contributed by atoms with Crippen LogP contribution in [0, 0.1) is 17.3 Å². The summed E-state index contributed by atoms with van der Waals surface area (Å²) in [6, 6.07) is 18.2. The highest BCUT2D eigenvalue weighted by Crippen LogP contribution is 2.75. The smallest absolute Gasteiger partial charge is 0.108 e. The minimum absolute atomic E-state index is 0.0291. The summed E-state index contributed by atoms with van der Waals surface area (Å²) in [5.41, 5.74) is 8.89. The van der Waals surface area contributed by atoms with E-state index in [0.29, 0.717) is 17.8 Å². The number of para-hydroxylation sites is 2. The van der Waals surface area contributed by atoms with Crippen molar-refractivity contribution in [2.75, 3.05) is 32.5 Å². The van der Waals surface area contributed by atoms with Crippen molar-refractivity contribution in [2.24, 2.45) is 17.3 Å². The third kappa shape index (κ3) is 2.57. The van der Waals surface area contributed by atoms with Crippen molar-refractivity contribution >= 4 is 16.6 Å². The van der Waals surface area contributed by atoms with Crippen molar-refractivity contribution in [3.63, 3.8) is 0 Å². The van der Waals surface area contributed by atoms with Crippen LogP contribution in [0.5, 0.6) is 0 Å². The van der Waals surface area contributed by atoms with Crippen molar-refractivity contribution < 1.29 is 0 Å². The number of benzene rings is 2.